The average Bonchev–Trinajstić information content (AvgIpc) is 3.34. The van der Waals surface area contributed by atoms with E-state index in [2.05, 4.69) is 30.7 Å². The van der Waals surface area contributed by atoms with Gasteiger partial charge in [-0.15, -0.1) is 0 Å². The minimum atomic E-state index is -0.222. The van der Waals surface area contributed by atoms with Crippen LogP contribution in [0.5, 0.6) is 0 Å². The zero-order chi connectivity index (χ0) is 20.7. The molecule has 1 saturated carbocycles. The fourth-order valence-electron chi connectivity index (χ4n) is 3.29. The molecule has 1 aromatic carbocycles. The fourth-order valence-corrected chi connectivity index (χ4v) is 3.29. The SMILES string of the molecule is Cc1cc(NC(=O)Cn2cnc3c(NC4CC4)nc(N)nc32)n(-c2ccccc2)n1. The molecule has 0 radical (unpaired) electrons. The van der Waals surface area contributed by atoms with Gasteiger partial charge in [0, 0.05) is 12.1 Å². The van der Waals surface area contributed by atoms with Crippen molar-refractivity contribution in [2.75, 3.05) is 16.4 Å². The highest BCUT2D eigenvalue weighted by atomic mass is 16.2. The second-order valence-corrected chi connectivity index (χ2v) is 7.36. The van der Waals surface area contributed by atoms with Gasteiger partial charge in [-0.05, 0) is 31.9 Å². The number of hydrogen-bond donors (Lipinski definition) is 3. The van der Waals surface area contributed by atoms with Gasteiger partial charge in [0.2, 0.25) is 11.9 Å². The number of para-hydroxylation sites is 1. The standard InChI is InChI=1S/C20H21N9O/c1-12-9-15(29(27-12)14-5-3-2-4-6-14)24-16(30)10-28-11-22-17-18(23-13-7-8-13)25-20(21)26-19(17)28/h2-6,9,11,13H,7-8,10H2,1H3,(H,24,30)(H3,21,23,25,26). The second-order valence-electron chi connectivity index (χ2n) is 7.36. The van der Waals surface area contributed by atoms with E-state index in [0.29, 0.717) is 28.8 Å². The number of benzene rings is 1. The summed E-state index contributed by atoms with van der Waals surface area (Å²) >= 11 is 0. The zero-order valence-electron chi connectivity index (χ0n) is 16.4. The molecule has 152 valence electrons. The number of hydrogen-bond acceptors (Lipinski definition) is 7. The summed E-state index contributed by atoms with van der Waals surface area (Å²) in [7, 11) is 0. The largest absolute Gasteiger partial charge is 0.368 e. The van der Waals surface area contributed by atoms with E-state index in [0.717, 1.165) is 24.2 Å². The highest BCUT2D eigenvalue weighted by Crippen LogP contribution is 2.27. The van der Waals surface area contributed by atoms with E-state index in [-0.39, 0.29) is 18.4 Å². The maximum Gasteiger partial charge on any atom is 0.245 e. The van der Waals surface area contributed by atoms with Crippen LogP contribution in [0.1, 0.15) is 18.5 Å². The predicted molar refractivity (Wildman–Crippen MR) is 113 cm³/mol. The summed E-state index contributed by atoms with van der Waals surface area (Å²) in [6.45, 7) is 1.92. The molecule has 0 atom stereocenters. The minimum absolute atomic E-state index is 0.0365. The number of nitrogens with zero attached hydrogens (tertiary/aromatic N) is 6. The van der Waals surface area contributed by atoms with Crippen LogP contribution < -0.4 is 16.4 Å². The number of anilines is 3. The molecular weight excluding hydrogens is 382 g/mol. The molecule has 1 aliphatic rings. The Morgan fingerprint density at radius 1 is 1.23 bits per heavy atom. The van der Waals surface area contributed by atoms with Gasteiger partial charge >= 0.3 is 0 Å². The Kier molecular flexibility index (Phi) is 4.31. The number of nitrogens with one attached hydrogen (secondary N) is 2. The van der Waals surface area contributed by atoms with Gasteiger partial charge in [0.05, 0.1) is 17.7 Å². The molecule has 3 heterocycles. The van der Waals surface area contributed by atoms with Gasteiger partial charge in [0.25, 0.3) is 0 Å². The third-order valence-corrected chi connectivity index (χ3v) is 4.81. The van der Waals surface area contributed by atoms with Gasteiger partial charge in [0.1, 0.15) is 12.4 Å². The van der Waals surface area contributed by atoms with Gasteiger partial charge < -0.3 is 20.9 Å². The first-order valence-corrected chi connectivity index (χ1v) is 9.73. The molecule has 3 aromatic heterocycles. The van der Waals surface area contributed by atoms with Crippen molar-refractivity contribution in [3.05, 3.63) is 48.4 Å². The summed E-state index contributed by atoms with van der Waals surface area (Å²) in [6.07, 6.45) is 3.78. The number of nitrogen functional groups attached to an aromatic ring is 1. The summed E-state index contributed by atoms with van der Waals surface area (Å²) in [4.78, 5) is 25.7. The molecule has 0 aliphatic heterocycles. The van der Waals surface area contributed by atoms with Gasteiger partial charge in [-0.1, -0.05) is 18.2 Å². The van der Waals surface area contributed by atoms with E-state index in [9.17, 15) is 4.79 Å². The Bertz CT molecular complexity index is 1220. The van der Waals surface area contributed by atoms with Crippen LogP contribution in [-0.4, -0.2) is 41.2 Å². The molecule has 1 fully saturated rings. The molecule has 1 amide bonds. The maximum absolute atomic E-state index is 12.8. The monoisotopic (exact) mass is 403 g/mol. The van der Waals surface area contributed by atoms with Crippen molar-refractivity contribution < 1.29 is 4.79 Å². The van der Waals surface area contributed by atoms with Crippen molar-refractivity contribution in [2.24, 2.45) is 0 Å². The van der Waals surface area contributed by atoms with E-state index in [4.69, 9.17) is 5.73 Å². The third-order valence-electron chi connectivity index (χ3n) is 4.81. The molecule has 1 aliphatic carbocycles. The maximum atomic E-state index is 12.8. The average molecular weight is 403 g/mol. The number of nitrogens with two attached hydrogens (primary N) is 1. The van der Waals surface area contributed by atoms with Crippen molar-refractivity contribution in [1.29, 1.82) is 0 Å². The number of fused-ring (bicyclic) bond motifs is 1. The van der Waals surface area contributed by atoms with E-state index in [1.165, 1.54) is 0 Å². The number of carbonyl (C=O) groups is 1. The van der Waals surface area contributed by atoms with Crippen molar-refractivity contribution >= 4 is 34.7 Å². The molecule has 10 heteroatoms. The van der Waals surface area contributed by atoms with Crippen LogP contribution in [0.4, 0.5) is 17.6 Å². The molecule has 10 nitrogen and oxygen atoms in total. The highest BCUT2D eigenvalue weighted by molar-refractivity contribution is 5.92. The predicted octanol–water partition coefficient (Wildman–Crippen LogP) is 2.12. The van der Waals surface area contributed by atoms with E-state index in [1.807, 2.05) is 43.3 Å². The Hall–Kier alpha value is -3.95. The van der Waals surface area contributed by atoms with Gasteiger partial charge in [-0.2, -0.15) is 15.1 Å². The van der Waals surface area contributed by atoms with Gasteiger partial charge in [-0.3, -0.25) is 4.79 Å². The number of rotatable bonds is 6. The molecule has 0 spiro atoms. The van der Waals surface area contributed by atoms with Crippen LogP contribution >= 0.6 is 0 Å². The van der Waals surface area contributed by atoms with E-state index < -0.39 is 0 Å². The highest BCUT2D eigenvalue weighted by Gasteiger charge is 2.24. The lowest BCUT2D eigenvalue weighted by Crippen LogP contribution is -2.20. The molecule has 0 unspecified atom stereocenters. The van der Waals surface area contributed by atoms with Crippen LogP contribution in [0.3, 0.4) is 0 Å². The lowest BCUT2D eigenvalue weighted by molar-refractivity contribution is -0.116. The van der Waals surface area contributed by atoms with Gasteiger partial charge in [-0.25, -0.2) is 9.67 Å². The summed E-state index contributed by atoms with van der Waals surface area (Å²) in [6, 6.07) is 11.9. The van der Waals surface area contributed by atoms with Crippen molar-refractivity contribution in [3.8, 4) is 5.69 Å². The second kappa shape index (κ2) is 7.14. The Morgan fingerprint density at radius 2 is 2.03 bits per heavy atom. The van der Waals surface area contributed by atoms with Gasteiger partial charge in [0.15, 0.2) is 17.0 Å². The van der Waals surface area contributed by atoms with Crippen molar-refractivity contribution in [3.63, 3.8) is 0 Å². The van der Waals surface area contributed by atoms with Crippen LogP contribution in [0.15, 0.2) is 42.7 Å². The lowest BCUT2D eigenvalue weighted by atomic mass is 10.3. The smallest absolute Gasteiger partial charge is 0.245 e. The Labute approximate surface area is 172 Å². The first-order valence-electron chi connectivity index (χ1n) is 9.73. The summed E-state index contributed by atoms with van der Waals surface area (Å²) in [5.74, 6) is 1.13. The van der Waals surface area contributed by atoms with Crippen molar-refractivity contribution in [1.82, 2.24) is 29.3 Å². The first-order chi connectivity index (χ1) is 14.6. The van der Waals surface area contributed by atoms with Crippen LogP contribution in [-0.2, 0) is 11.3 Å². The third kappa shape index (κ3) is 3.54. The zero-order valence-corrected chi connectivity index (χ0v) is 16.4. The minimum Gasteiger partial charge on any atom is -0.368 e. The van der Waals surface area contributed by atoms with E-state index in [1.54, 1.807) is 15.6 Å². The van der Waals surface area contributed by atoms with E-state index >= 15 is 0 Å². The van der Waals surface area contributed by atoms with Crippen LogP contribution in [0.2, 0.25) is 0 Å². The summed E-state index contributed by atoms with van der Waals surface area (Å²) in [5.41, 5.74) is 8.67. The van der Waals surface area contributed by atoms with Crippen LogP contribution in [0.25, 0.3) is 16.9 Å². The number of carbonyl (C=O) groups excluding carboxylic acids is 1. The Morgan fingerprint density at radius 3 is 2.80 bits per heavy atom. The summed E-state index contributed by atoms with van der Waals surface area (Å²) in [5, 5.41) is 10.7. The molecule has 5 rings (SSSR count). The first kappa shape index (κ1) is 18.1. The fraction of sp³-hybridized carbons (Fsp3) is 0.250. The lowest BCUT2D eigenvalue weighted by Gasteiger charge is -2.10. The number of aryl methyl sites for hydroxylation is 1. The number of imidazole rings is 1. The topological polar surface area (TPSA) is 129 Å². The quantitative estimate of drug-likeness (QED) is 0.450. The van der Waals surface area contributed by atoms with Crippen LogP contribution in [0, 0.1) is 6.92 Å². The Balaban J connectivity index is 1.39. The summed E-state index contributed by atoms with van der Waals surface area (Å²) < 4.78 is 3.37. The number of aromatic nitrogens is 6. The molecule has 4 aromatic rings. The van der Waals surface area contributed by atoms with Crippen molar-refractivity contribution in [2.45, 2.75) is 32.4 Å². The molecule has 0 bridgehead atoms. The molecule has 4 N–H and O–H groups in total. The molecular formula is C20H21N9O. The normalized spacial score (nSPS) is 13.5. The molecule has 30 heavy (non-hydrogen) atoms. The number of amides is 1. The molecule has 0 saturated heterocycles.